The number of nitrogens with one attached hydrogen (secondary N) is 1. The zero-order valence-corrected chi connectivity index (χ0v) is 10.9. The van der Waals surface area contributed by atoms with Gasteiger partial charge in [-0.05, 0) is 19.8 Å². The van der Waals surface area contributed by atoms with Gasteiger partial charge >= 0.3 is 0 Å². The van der Waals surface area contributed by atoms with Crippen molar-refractivity contribution in [3.05, 3.63) is 38.8 Å². The molecule has 6 heteroatoms. The molecule has 0 bridgehead atoms. The van der Waals surface area contributed by atoms with Crippen LogP contribution in [0.4, 0.5) is 5.82 Å². The van der Waals surface area contributed by atoms with Gasteiger partial charge in [-0.25, -0.2) is 9.97 Å². The Hall–Kier alpha value is -1.69. The maximum atomic E-state index is 12.1. The van der Waals surface area contributed by atoms with E-state index in [4.69, 9.17) is 0 Å². The lowest BCUT2D eigenvalue weighted by Crippen LogP contribution is -2.23. The Morgan fingerprint density at radius 2 is 2.33 bits per heavy atom. The van der Waals surface area contributed by atoms with Crippen molar-refractivity contribution in [2.45, 2.75) is 32.4 Å². The second kappa shape index (κ2) is 4.53. The van der Waals surface area contributed by atoms with Crippen LogP contribution in [0, 0.1) is 6.92 Å². The summed E-state index contributed by atoms with van der Waals surface area (Å²) < 4.78 is 1.77. The highest BCUT2D eigenvalue weighted by Gasteiger charge is 2.25. The highest BCUT2D eigenvalue weighted by molar-refractivity contribution is 7.09. The summed E-state index contributed by atoms with van der Waals surface area (Å²) in [5.41, 5.74) is 2.79. The van der Waals surface area contributed by atoms with Gasteiger partial charge in [-0.3, -0.25) is 4.79 Å². The van der Waals surface area contributed by atoms with Crippen LogP contribution < -0.4 is 10.9 Å². The molecule has 0 atom stereocenters. The van der Waals surface area contributed by atoms with E-state index in [0.717, 1.165) is 23.4 Å². The van der Waals surface area contributed by atoms with E-state index in [9.17, 15) is 4.79 Å². The molecule has 18 heavy (non-hydrogen) atoms. The van der Waals surface area contributed by atoms with E-state index >= 15 is 0 Å². The molecule has 1 fully saturated rings. The summed E-state index contributed by atoms with van der Waals surface area (Å²) in [6.07, 6.45) is 5.64. The first-order chi connectivity index (χ1) is 8.75. The smallest absolute Gasteiger partial charge is 0.293 e. The van der Waals surface area contributed by atoms with Crippen LogP contribution in [0.2, 0.25) is 0 Å². The highest BCUT2D eigenvalue weighted by Crippen LogP contribution is 2.33. The SMILES string of the molecule is Cc1ncsc1CNc1nccn(C2CC2)c1=O. The molecule has 3 rings (SSSR count). The van der Waals surface area contributed by atoms with Gasteiger partial charge in [-0.2, -0.15) is 0 Å². The number of thiazole rings is 1. The lowest BCUT2D eigenvalue weighted by Gasteiger charge is -2.07. The Kier molecular flexibility index (Phi) is 2.87. The highest BCUT2D eigenvalue weighted by atomic mass is 32.1. The van der Waals surface area contributed by atoms with Crippen LogP contribution in [-0.2, 0) is 6.54 Å². The molecule has 1 N–H and O–H groups in total. The van der Waals surface area contributed by atoms with Gasteiger partial charge in [0.2, 0.25) is 0 Å². The van der Waals surface area contributed by atoms with E-state index < -0.39 is 0 Å². The third-order valence-electron chi connectivity index (χ3n) is 3.07. The van der Waals surface area contributed by atoms with Crippen molar-refractivity contribution in [1.29, 1.82) is 0 Å². The molecule has 1 aliphatic carbocycles. The van der Waals surface area contributed by atoms with Crippen LogP contribution in [0.15, 0.2) is 22.7 Å². The molecule has 94 valence electrons. The number of nitrogens with zero attached hydrogens (tertiary/aromatic N) is 3. The molecule has 2 aromatic rings. The van der Waals surface area contributed by atoms with E-state index in [1.807, 2.05) is 12.4 Å². The fourth-order valence-corrected chi connectivity index (χ4v) is 2.56. The Labute approximate surface area is 109 Å². The zero-order chi connectivity index (χ0) is 12.5. The molecule has 0 aromatic carbocycles. The molecule has 1 saturated carbocycles. The quantitative estimate of drug-likeness (QED) is 0.915. The number of rotatable bonds is 4. The van der Waals surface area contributed by atoms with Gasteiger partial charge < -0.3 is 9.88 Å². The van der Waals surface area contributed by atoms with Crippen LogP contribution >= 0.6 is 11.3 Å². The molecule has 0 spiro atoms. The fourth-order valence-electron chi connectivity index (χ4n) is 1.85. The molecular formula is C12H14N4OS. The summed E-state index contributed by atoms with van der Waals surface area (Å²) in [6.45, 7) is 2.57. The van der Waals surface area contributed by atoms with Crippen molar-refractivity contribution < 1.29 is 0 Å². The number of aromatic nitrogens is 3. The zero-order valence-electron chi connectivity index (χ0n) is 10.1. The Balaban J connectivity index is 1.79. The predicted octanol–water partition coefficient (Wildman–Crippen LogP) is 1.96. The Bertz CT molecular complexity index is 615. The normalized spacial score (nSPS) is 14.7. The molecule has 0 unspecified atom stereocenters. The van der Waals surface area contributed by atoms with Crippen molar-refractivity contribution in [2.24, 2.45) is 0 Å². The summed E-state index contributed by atoms with van der Waals surface area (Å²) in [4.78, 5) is 21.6. The minimum Gasteiger partial charge on any atom is -0.361 e. The Morgan fingerprint density at radius 3 is 3.00 bits per heavy atom. The maximum absolute atomic E-state index is 12.1. The van der Waals surface area contributed by atoms with Crippen LogP contribution in [0.1, 0.15) is 29.5 Å². The minimum atomic E-state index is -0.0258. The van der Waals surface area contributed by atoms with Crippen molar-refractivity contribution in [3.8, 4) is 0 Å². The molecule has 2 heterocycles. The van der Waals surface area contributed by atoms with Gasteiger partial charge in [-0.15, -0.1) is 11.3 Å². The van der Waals surface area contributed by atoms with Gasteiger partial charge in [0, 0.05) is 23.3 Å². The molecule has 0 saturated heterocycles. The second-order valence-electron chi connectivity index (χ2n) is 4.43. The standard InChI is InChI=1S/C12H14N4OS/c1-8-10(18-7-15-8)6-14-11-12(17)16(5-4-13-11)9-2-3-9/h4-5,7,9H,2-3,6H2,1H3,(H,13,14). The van der Waals surface area contributed by atoms with E-state index in [-0.39, 0.29) is 5.56 Å². The van der Waals surface area contributed by atoms with E-state index in [2.05, 4.69) is 15.3 Å². The predicted molar refractivity (Wildman–Crippen MR) is 70.9 cm³/mol. The first-order valence-electron chi connectivity index (χ1n) is 5.95. The number of hydrogen-bond acceptors (Lipinski definition) is 5. The monoisotopic (exact) mass is 262 g/mol. The lowest BCUT2D eigenvalue weighted by atomic mass is 10.4. The largest absolute Gasteiger partial charge is 0.361 e. The molecule has 0 radical (unpaired) electrons. The molecule has 0 aliphatic heterocycles. The fraction of sp³-hybridized carbons (Fsp3) is 0.417. The summed E-state index contributed by atoms with van der Waals surface area (Å²) in [5, 5.41) is 3.11. The van der Waals surface area contributed by atoms with E-state index in [1.165, 1.54) is 0 Å². The van der Waals surface area contributed by atoms with Gasteiger partial charge in [0.05, 0.1) is 17.7 Å². The first kappa shape index (κ1) is 11.4. The van der Waals surface area contributed by atoms with E-state index in [0.29, 0.717) is 18.4 Å². The summed E-state index contributed by atoms with van der Waals surface area (Å²) in [6, 6.07) is 0.381. The number of hydrogen-bond donors (Lipinski definition) is 1. The van der Waals surface area contributed by atoms with Crippen LogP contribution in [0.5, 0.6) is 0 Å². The molecule has 0 amide bonds. The van der Waals surface area contributed by atoms with Crippen molar-refractivity contribution in [1.82, 2.24) is 14.5 Å². The number of anilines is 1. The van der Waals surface area contributed by atoms with Gasteiger partial charge in [-0.1, -0.05) is 0 Å². The van der Waals surface area contributed by atoms with Gasteiger partial charge in [0.15, 0.2) is 5.82 Å². The average molecular weight is 262 g/mol. The molecule has 5 nitrogen and oxygen atoms in total. The van der Waals surface area contributed by atoms with Gasteiger partial charge in [0.25, 0.3) is 5.56 Å². The second-order valence-corrected chi connectivity index (χ2v) is 5.37. The third kappa shape index (κ3) is 2.15. The van der Waals surface area contributed by atoms with Crippen molar-refractivity contribution in [3.63, 3.8) is 0 Å². The minimum absolute atomic E-state index is 0.0258. The van der Waals surface area contributed by atoms with Crippen LogP contribution in [0.3, 0.4) is 0 Å². The first-order valence-corrected chi connectivity index (χ1v) is 6.83. The van der Waals surface area contributed by atoms with Gasteiger partial charge in [0.1, 0.15) is 0 Å². The summed E-state index contributed by atoms with van der Waals surface area (Å²) >= 11 is 1.59. The molecule has 2 aromatic heterocycles. The molecule has 1 aliphatic rings. The lowest BCUT2D eigenvalue weighted by molar-refractivity contribution is 0.699. The van der Waals surface area contributed by atoms with Crippen LogP contribution in [0.25, 0.3) is 0 Å². The average Bonchev–Trinajstić information content (AvgIpc) is 3.12. The van der Waals surface area contributed by atoms with Crippen molar-refractivity contribution in [2.75, 3.05) is 5.32 Å². The Morgan fingerprint density at radius 1 is 1.50 bits per heavy atom. The maximum Gasteiger partial charge on any atom is 0.293 e. The number of aryl methyl sites for hydroxylation is 1. The third-order valence-corrected chi connectivity index (χ3v) is 4.00. The summed E-state index contributed by atoms with van der Waals surface area (Å²) in [7, 11) is 0. The topological polar surface area (TPSA) is 59.8 Å². The summed E-state index contributed by atoms with van der Waals surface area (Å²) in [5.74, 6) is 0.428. The van der Waals surface area contributed by atoms with E-state index in [1.54, 1.807) is 28.3 Å². The van der Waals surface area contributed by atoms with Crippen LogP contribution in [-0.4, -0.2) is 14.5 Å². The molecular weight excluding hydrogens is 248 g/mol. The van der Waals surface area contributed by atoms with Crippen molar-refractivity contribution >= 4 is 17.2 Å².